The van der Waals surface area contributed by atoms with Gasteiger partial charge in [0.2, 0.25) is 0 Å². The van der Waals surface area contributed by atoms with Gasteiger partial charge in [0.15, 0.2) is 10.1 Å². The Morgan fingerprint density at radius 1 is 0.720 bits per heavy atom. The van der Waals surface area contributed by atoms with E-state index in [0.29, 0.717) is 0 Å². The van der Waals surface area contributed by atoms with Crippen LogP contribution in [0.1, 0.15) is 0 Å². The molecule has 1 aliphatic carbocycles. The molecule has 130 valence electrons. The number of Topliss-reactive ketones (excluding diaryl/α,β-unsaturated/α-hetero) is 1. The molecule has 5 heteroatoms. The molecule has 0 aliphatic heterocycles. The molecule has 0 N–H and O–H groups in total. The van der Waals surface area contributed by atoms with Crippen LogP contribution in [0.4, 0.5) is 0 Å². The molecule has 0 spiro atoms. The second-order valence-corrected chi connectivity index (χ2v) is 17.6. The van der Waals surface area contributed by atoms with E-state index in [0.717, 1.165) is 10.4 Å². The molecule has 0 unspecified atom stereocenters. The lowest BCUT2D eigenvalue weighted by atomic mass is 10.1. The smallest absolute Gasteiger partial charge is 0.197 e. The van der Waals surface area contributed by atoms with E-state index in [9.17, 15) is 4.79 Å². The summed E-state index contributed by atoms with van der Waals surface area (Å²) in [6.45, 7) is 8.90. The Morgan fingerprint density at radius 2 is 1.12 bits per heavy atom. The van der Waals surface area contributed by atoms with Gasteiger partial charge in [-0.25, -0.2) is 0 Å². The zero-order valence-electron chi connectivity index (χ0n) is 14.9. The predicted octanol–water partition coefficient (Wildman–Crippen LogP) is 4.35. The van der Waals surface area contributed by atoms with E-state index in [-0.39, 0.29) is 5.78 Å². The minimum absolute atomic E-state index is 0.0946. The van der Waals surface area contributed by atoms with Crippen molar-refractivity contribution in [1.82, 2.24) is 0 Å². The number of hydrogen-bond acceptors (Lipinski definition) is 1. The lowest BCUT2D eigenvalue weighted by Gasteiger charge is -2.47. The maximum absolute atomic E-state index is 12.9. The van der Waals surface area contributed by atoms with Gasteiger partial charge in [0.1, 0.15) is 16.1 Å². The summed E-state index contributed by atoms with van der Waals surface area (Å²) in [4.78, 5) is 12.9. The molecule has 0 amide bonds. The van der Waals surface area contributed by atoms with Crippen LogP contribution in [-0.2, 0) is 4.79 Å². The first-order valence-electron chi connectivity index (χ1n) is 8.40. The molecule has 0 radical (unpaired) electrons. The van der Waals surface area contributed by atoms with Crippen LogP contribution < -0.4 is 10.4 Å². The van der Waals surface area contributed by atoms with Crippen molar-refractivity contribution >= 4 is 55.5 Å². The third kappa shape index (κ3) is 2.87. The first-order valence-corrected chi connectivity index (χ1v) is 15.2. The van der Waals surface area contributed by atoms with Crippen molar-refractivity contribution in [3.8, 4) is 0 Å². The summed E-state index contributed by atoms with van der Waals surface area (Å²) in [6, 6.07) is 20.6. The molecule has 1 aliphatic rings. The first-order chi connectivity index (χ1) is 11.6. The average molecular weight is 405 g/mol. The predicted molar refractivity (Wildman–Crippen MR) is 114 cm³/mol. The van der Waals surface area contributed by atoms with E-state index in [2.05, 4.69) is 50.5 Å². The summed E-state index contributed by atoms with van der Waals surface area (Å²) in [5, 5.41) is 4.40. The summed E-state index contributed by atoms with van der Waals surface area (Å²) in [6.07, 6.45) is 0. The Labute approximate surface area is 161 Å². The molecule has 0 saturated carbocycles. The van der Waals surface area contributed by atoms with Crippen LogP contribution in [0.2, 0.25) is 26.2 Å². The molecule has 2 aromatic rings. The van der Waals surface area contributed by atoms with E-state index >= 15 is 0 Å². The quantitative estimate of drug-likeness (QED) is 0.546. The molecule has 0 saturated heterocycles. The van der Waals surface area contributed by atoms with Crippen molar-refractivity contribution in [2.24, 2.45) is 0 Å². The van der Waals surface area contributed by atoms with Crippen LogP contribution in [0, 0.1) is 0 Å². The van der Waals surface area contributed by atoms with Crippen molar-refractivity contribution in [2.75, 3.05) is 0 Å². The van der Waals surface area contributed by atoms with Gasteiger partial charge >= 0.3 is 0 Å². The van der Waals surface area contributed by atoms with Crippen molar-refractivity contribution in [3.63, 3.8) is 0 Å². The van der Waals surface area contributed by atoms with E-state index in [4.69, 9.17) is 23.2 Å². The third-order valence-corrected chi connectivity index (χ3v) is 13.8. The minimum Gasteiger partial charge on any atom is -0.291 e. The monoisotopic (exact) mass is 404 g/mol. The van der Waals surface area contributed by atoms with Gasteiger partial charge in [0.25, 0.3) is 0 Å². The fourth-order valence-corrected chi connectivity index (χ4v) is 13.6. The van der Waals surface area contributed by atoms with E-state index in [1.165, 1.54) is 10.4 Å². The lowest BCUT2D eigenvalue weighted by Crippen LogP contribution is -2.64. The van der Waals surface area contributed by atoms with Gasteiger partial charge in [-0.3, -0.25) is 4.79 Å². The number of alkyl halides is 2. The number of hydrogen-bond donors (Lipinski definition) is 0. The number of allylic oxidation sites excluding steroid dienone is 2. The second kappa shape index (κ2) is 6.24. The minimum atomic E-state index is -2.16. The number of ketones is 1. The topological polar surface area (TPSA) is 17.1 Å². The molecule has 0 atom stereocenters. The van der Waals surface area contributed by atoms with Gasteiger partial charge in [-0.05, 0) is 10.4 Å². The molecule has 0 heterocycles. The SMILES string of the molecule is C[Si](C)(C1=C([Si](C)(C)c2ccccc2)C(Cl)(Cl)C1=O)c1ccccc1. The zero-order valence-corrected chi connectivity index (χ0v) is 18.4. The Morgan fingerprint density at radius 3 is 1.56 bits per heavy atom. The van der Waals surface area contributed by atoms with Gasteiger partial charge in [-0.2, -0.15) is 0 Å². The number of carbonyl (C=O) groups excluding carboxylic acids is 1. The summed E-state index contributed by atoms with van der Waals surface area (Å²) in [5.74, 6) is -0.0946. The number of benzene rings is 2. The van der Waals surface area contributed by atoms with Crippen molar-refractivity contribution in [2.45, 2.75) is 30.5 Å². The zero-order chi connectivity index (χ0) is 18.5. The first kappa shape index (κ1) is 18.6. The molecule has 25 heavy (non-hydrogen) atoms. The summed E-state index contributed by atoms with van der Waals surface area (Å²) >= 11 is 13.1. The van der Waals surface area contributed by atoms with Crippen molar-refractivity contribution in [1.29, 1.82) is 0 Å². The van der Waals surface area contributed by atoms with Crippen LogP contribution in [0.15, 0.2) is 71.1 Å². The lowest BCUT2D eigenvalue weighted by molar-refractivity contribution is -0.116. The van der Waals surface area contributed by atoms with Crippen LogP contribution >= 0.6 is 23.2 Å². The Balaban J connectivity index is 2.22. The largest absolute Gasteiger partial charge is 0.291 e. The highest BCUT2D eigenvalue weighted by Gasteiger charge is 2.60. The number of carbonyl (C=O) groups is 1. The molecule has 3 rings (SSSR count). The van der Waals surface area contributed by atoms with Gasteiger partial charge < -0.3 is 0 Å². The van der Waals surface area contributed by atoms with Gasteiger partial charge in [-0.1, -0.05) is 120 Å². The molecular formula is C20H22Cl2OSi2. The highest BCUT2D eigenvalue weighted by atomic mass is 35.5. The van der Waals surface area contributed by atoms with Crippen LogP contribution in [-0.4, -0.2) is 26.3 Å². The molecule has 0 fully saturated rings. The molecule has 0 bridgehead atoms. The van der Waals surface area contributed by atoms with Crippen LogP contribution in [0.5, 0.6) is 0 Å². The number of rotatable bonds is 4. The highest BCUT2D eigenvalue weighted by Crippen LogP contribution is 2.51. The van der Waals surface area contributed by atoms with Gasteiger partial charge in [0, 0.05) is 0 Å². The van der Waals surface area contributed by atoms with Gasteiger partial charge in [0.05, 0.1) is 0 Å². The average Bonchev–Trinajstić information content (AvgIpc) is 2.60. The van der Waals surface area contributed by atoms with E-state index < -0.39 is 20.5 Å². The maximum atomic E-state index is 12.9. The van der Waals surface area contributed by atoms with E-state index in [1.54, 1.807) is 0 Å². The number of halogens is 2. The molecular weight excluding hydrogens is 383 g/mol. The van der Waals surface area contributed by atoms with Crippen molar-refractivity contribution in [3.05, 3.63) is 71.1 Å². The Kier molecular flexibility index (Phi) is 4.65. The normalized spacial score (nSPS) is 17.4. The molecule has 1 nitrogen and oxygen atoms in total. The Bertz CT molecular complexity index is 841. The summed E-state index contributed by atoms with van der Waals surface area (Å²) in [7, 11) is -4.31. The van der Waals surface area contributed by atoms with Crippen LogP contribution in [0.3, 0.4) is 0 Å². The second-order valence-electron chi connectivity index (χ2n) is 7.64. The third-order valence-electron chi connectivity index (χ3n) is 5.32. The molecule has 0 aromatic heterocycles. The summed E-state index contributed by atoms with van der Waals surface area (Å²) < 4.78 is -1.38. The fraction of sp³-hybridized carbons (Fsp3) is 0.250. The summed E-state index contributed by atoms with van der Waals surface area (Å²) in [5.41, 5.74) is 0. The fourth-order valence-electron chi connectivity index (χ4n) is 3.78. The van der Waals surface area contributed by atoms with Crippen LogP contribution in [0.25, 0.3) is 0 Å². The standard InChI is InChI=1S/C20H22Cl2OSi2/c1-24(2,15-11-7-5-8-12-15)17-18(23)20(21,22)19(17)25(3,4)16-13-9-6-10-14-16/h5-14H,1-4H3. The highest BCUT2D eigenvalue weighted by molar-refractivity contribution is 7.08. The molecule has 2 aromatic carbocycles. The van der Waals surface area contributed by atoms with Gasteiger partial charge in [-0.15, -0.1) is 0 Å². The van der Waals surface area contributed by atoms with E-state index in [1.807, 2.05) is 36.4 Å². The van der Waals surface area contributed by atoms with Crippen molar-refractivity contribution < 1.29 is 4.79 Å². The Hall–Kier alpha value is -1.14. The maximum Gasteiger partial charge on any atom is 0.197 e.